The Hall–Kier alpha value is -1.81. The minimum absolute atomic E-state index is 0.396. The van der Waals surface area contributed by atoms with Gasteiger partial charge in [-0.1, -0.05) is 0 Å². The molecule has 0 radical (unpaired) electrons. The van der Waals surface area contributed by atoms with E-state index in [0.717, 1.165) is 29.7 Å². The lowest BCUT2D eigenvalue weighted by atomic mass is 10.1. The number of ether oxygens (including phenoxy) is 1. The third-order valence-corrected chi connectivity index (χ3v) is 4.57. The van der Waals surface area contributed by atoms with Gasteiger partial charge in [0.05, 0.1) is 30.0 Å². The maximum atomic E-state index is 6.06. The number of nitrogen functional groups attached to an aromatic ring is 1. The molecule has 1 aliphatic carbocycles. The third kappa shape index (κ3) is 1.75. The average Bonchev–Trinajstić information content (AvgIpc) is 2.97. The SMILES string of the molecule is Nc1ccc(N2CCOC3CCCC32)c2cccnc12. The van der Waals surface area contributed by atoms with Crippen molar-refractivity contribution in [3.63, 3.8) is 0 Å². The highest BCUT2D eigenvalue weighted by molar-refractivity contribution is 5.98. The molecule has 4 heteroatoms. The standard InChI is InChI=1S/C16H19N3O/c17-12-6-7-13(11-3-2-8-18-16(11)12)19-9-10-20-15-5-1-4-14(15)19/h2-3,6-8,14-15H,1,4-5,9-10,17H2. The monoisotopic (exact) mass is 269 g/mol. The lowest BCUT2D eigenvalue weighted by molar-refractivity contribution is 0.0257. The molecule has 4 nitrogen and oxygen atoms in total. The van der Waals surface area contributed by atoms with Crippen molar-refractivity contribution in [1.29, 1.82) is 0 Å². The van der Waals surface area contributed by atoms with Crippen LogP contribution in [0.25, 0.3) is 10.9 Å². The summed E-state index contributed by atoms with van der Waals surface area (Å²) >= 11 is 0. The number of anilines is 2. The predicted molar refractivity (Wildman–Crippen MR) is 80.9 cm³/mol. The summed E-state index contributed by atoms with van der Waals surface area (Å²) in [7, 11) is 0. The van der Waals surface area contributed by atoms with Gasteiger partial charge in [0.2, 0.25) is 0 Å². The van der Waals surface area contributed by atoms with Gasteiger partial charge in [0.1, 0.15) is 0 Å². The summed E-state index contributed by atoms with van der Waals surface area (Å²) in [4.78, 5) is 6.94. The first-order valence-corrected chi connectivity index (χ1v) is 7.36. The molecule has 1 aromatic heterocycles. The van der Waals surface area contributed by atoms with Gasteiger partial charge in [-0.2, -0.15) is 0 Å². The Bertz CT molecular complexity index is 643. The van der Waals surface area contributed by atoms with Gasteiger partial charge in [0, 0.05) is 23.8 Å². The van der Waals surface area contributed by atoms with E-state index in [4.69, 9.17) is 10.5 Å². The number of rotatable bonds is 1. The van der Waals surface area contributed by atoms with Gasteiger partial charge in [-0.25, -0.2) is 0 Å². The summed E-state index contributed by atoms with van der Waals surface area (Å²) in [6.45, 7) is 1.77. The molecule has 104 valence electrons. The molecule has 2 atom stereocenters. The molecule has 20 heavy (non-hydrogen) atoms. The number of aromatic nitrogens is 1. The van der Waals surface area contributed by atoms with Crippen LogP contribution in [0.3, 0.4) is 0 Å². The minimum atomic E-state index is 0.396. The Labute approximate surface area is 118 Å². The fourth-order valence-corrected chi connectivity index (χ4v) is 3.65. The molecule has 0 bridgehead atoms. The van der Waals surface area contributed by atoms with Gasteiger partial charge in [-0.3, -0.25) is 4.98 Å². The molecule has 1 aliphatic heterocycles. The van der Waals surface area contributed by atoms with Crippen LogP contribution in [0.1, 0.15) is 19.3 Å². The predicted octanol–water partition coefficient (Wildman–Crippen LogP) is 2.57. The van der Waals surface area contributed by atoms with Crippen LogP contribution < -0.4 is 10.6 Å². The van der Waals surface area contributed by atoms with E-state index < -0.39 is 0 Å². The molecule has 1 aromatic carbocycles. The Kier molecular flexibility index (Phi) is 2.77. The second kappa shape index (κ2) is 4.63. The van der Waals surface area contributed by atoms with Crippen LogP contribution in [0.5, 0.6) is 0 Å². The van der Waals surface area contributed by atoms with Crippen molar-refractivity contribution in [2.75, 3.05) is 23.8 Å². The number of hydrogen-bond acceptors (Lipinski definition) is 4. The largest absolute Gasteiger partial charge is 0.397 e. The normalized spacial score (nSPS) is 25.9. The molecule has 0 amide bonds. The third-order valence-electron chi connectivity index (χ3n) is 4.57. The van der Waals surface area contributed by atoms with E-state index in [-0.39, 0.29) is 0 Å². The number of nitrogens with zero attached hydrogens (tertiary/aromatic N) is 2. The van der Waals surface area contributed by atoms with Crippen LogP contribution in [0.15, 0.2) is 30.5 Å². The number of morpholine rings is 1. The highest BCUT2D eigenvalue weighted by atomic mass is 16.5. The molecule has 2 N–H and O–H groups in total. The van der Waals surface area contributed by atoms with E-state index in [1.807, 2.05) is 12.1 Å². The number of benzene rings is 1. The maximum Gasteiger partial charge on any atom is 0.0951 e. The Morgan fingerprint density at radius 1 is 1.25 bits per heavy atom. The molecule has 4 rings (SSSR count). The van der Waals surface area contributed by atoms with Crippen molar-refractivity contribution in [2.45, 2.75) is 31.4 Å². The van der Waals surface area contributed by atoms with Crippen LogP contribution in [0, 0.1) is 0 Å². The minimum Gasteiger partial charge on any atom is -0.397 e. The van der Waals surface area contributed by atoms with E-state index in [1.54, 1.807) is 6.20 Å². The topological polar surface area (TPSA) is 51.4 Å². The van der Waals surface area contributed by atoms with Gasteiger partial charge in [-0.15, -0.1) is 0 Å². The van der Waals surface area contributed by atoms with Gasteiger partial charge in [0.15, 0.2) is 0 Å². The lowest BCUT2D eigenvalue weighted by Crippen LogP contribution is -2.48. The van der Waals surface area contributed by atoms with Crippen LogP contribution in [0.4, 0.5) is 11.4 Å². The Morgan fingerprint density at radius 3 is 3.15 bits per heavy atom. The van der Waals surface area contributed by atoms with Gasteiger partial charge in [-0.05, 0) is 43.5 Å². The molecule has 2 unspecified atom stereocenters. The summed E-state index contributed by atoms with van der Waals surface area (Å²) in [5.41, 5.74) is 8.97. The van der Waals surface area contributed by atoms with Crippen LogP contribution in [-0.2, 0) is 4.74 Å². The molecular weight excluding hydrogens is 250 g/mol. The molecule has 1 saturated carbocycles. The van der Waals surface area contributed by atoms with Crippen molar-refractivity contribution >= 4 is 22.3 Å². The number of fused-ring (bicyclic) bond motifs is 2. The highest BCUT2D eigenvalue weighted by Crippen LogP contribution is 2.37. The maximum absolute atomic E-state index is 6.06. The molecule has 2 heterocycles. The zero-order valence-corrected chi connectivity index (χ0v) is 11.5. The van der Waals surface area contributed by atoms with Crippen molar-refractivity contribution in [2.24, 2.45) is 0 Å². The second-order valence-electron chi connectivity index (χ2n) is 5.67. The molecule has 2 aromatic rings. The fourth-order valence-electron chi connectivity index (χ4n) is 3.65. The molecule has 2 aliphatic rings. The van der Waals surface area contributed by atoms with Crippen LogP contribution in [-0.4, -0.2) is 30.3 Å². The summed E-state index contributed by atoms with van der Waals surface area (Å²) in [5.74, 6) is 0. The summed E-state index contributed by atoms with van der Waals surface area (Å²) < 4.78 is 5.91. The Balaban J connectivity index is 1.83. The molecule has 2 fully saturated rings. The molecule has 0 spiro atoms. The van der Waals surface area contributed by atoms with Gasteiger partial charge < -0.3 is 15.4 Å². The first-order chi connectivity index (χ1) is 9.84. The average molecular weight is 269 g/mol. The van der Waals surface area contributed by atoms with Crippen LogP contribution in [0.2, 0.25) is 0 Å². The van der Waals surface area contributed by atoms with E-state index in [1.165, 1.54) is 24.9 Å². The van der Waals surface area contributed by atoms with E-state index in [9.17, 15) is 0 Å². The summed E-state index contributed by atoms with van der Waals surface area (Å²) in [6, 6.07) is 8.73. The molecular formula is C16H19N3O. The number of pyridine rings is 1. The summed E-state index contributed by atoms with van der Waals surface area (Å²) in [5, 5.41) is 1.15. The van der Waals surface area contributed by atoms with E-state index >= 15 is 0 Å². The lowest BCUT2D eigenvalue weighted by Gasteiger charge is -2.39. The highest BCUT2D eigenvalue weighted by Gasteiger charge is 2.36. The zero-order chi connectivity index (χ0) is 13.5. The van der Waals surface area contributed by atoms with Crippen LogP contribution >= 0.6 is 0 Å². The first-order valence-electron chi connectivity index (χ1n) is 7.36. The quantitative estimate of drug-likeness (QED) is 0.808. The van der Waals surface area contributed by atoms with E-state index in [0.29, 0.717) is 12.1 Å². The number of hydrogen-bond donors (Lipinski definition) is 1. The van der Waals surface area contributed by atoms with Gasteiger partial charge >= 0.3 is 0 Å². The first kappa shape index (κ1) is 12.0. The van der Waals surface area contributed by atoms with Crippen molar-refractivity contribution < 1.29 is 4.74 Å². The second-order valence-corrected chi connectivity index (χ2v) is 5.67. The Morgan fingerprint density at radius 2 is 2.20 bits per heavy atom. The zero-order valence-electron chi connectivity index (χ0n) is 11.5. The van der Waals surface area contributed by atoms with Gasteiger partial charge in [0.25, 0.3) is 0 Å². The van der Waals surface area contributed by atoms with Crippen molar-refractivity contribution in [3.8, 4) is 0 Å². The summed E-state index contributed by atoms with van der Waals surface area (Å²) in [6.07, 6.45) is 5.87. The van der Waals surface area contributed by atoms with Crippen molar-refractivity contribution in [1.82, 2.24) is 4.98 Å². The van der Waals surface area contributed by atoms with E-state index in [2.05, 4.69) is 22.0 Å². The fraction of sp³-hybridized carbons (Fsp3) is 0.438. The van der Waals surface area contributed by atoms with Crippen molar-refractivity contribution in [3.05, 3.63) is 30.5 Å². The number of nitrogens with two attached hydrogens (primary N) is 1. The smallest absolute Gasteiger partial charge is 0.0951 e. The molecule has 1 saturated heterocycles.